The molecule has 2 nitrogen and oxygen atoms in total. The predicted octanol–water partition coefficient (Wildman–Crippen LogP) is 5.95. The average molecular weight is 385 g/mol. The normalized spacial score (nSPS) is 10.7. The van der Waals surface area contributed by atoms with Gasteiger partial charge in [-0.1, -0.05) is 49.3 Å². The molecule has 1 amide bonds. The van der Waals surface area contributed by atoms with Crippen LogP contribution in [0, 0.1) is 0 Å². The van der Waals surface area contributed by atoms with Crippen LogP contribution < -0.4 is 5.32 Å². The number of benzene rings is 2. The van der Waals surface area contributed by atoms with Crippen molar-refractivity contribution in [1.82, 2.24) is 0 Å². The third-order valence-corrected chi connectivity index (χ3v) is 5.41. The Bertz CT molecular complexity index is 661. The highest BCUT2D eigenvalue weighted by atomic mass is 79.9. The minimum atomic E-state index is 0.222. The van der Waals surface area contributed by atoms with Gasteiger partial charge in [0.25, 0.3) is 0 Å². The fourth-order valence-corrected chi connectivity index (χ4v) is 3.94. The fraction of sp³-hybridized carbons (Fsp3) is 0.188. The summed E-state index contributed by atoms with van der Waals surface area (Å²) in [5.41, 5.74) is 1.74. The summed E-state index contributed by atoms with van der Waals surface area (Å²) in [6.45, 7) is 4.12. The van der Waals surface area contributed by atoms with Crippen LogP contribution in [0.3, 0.4) is 0 Å². The zero-order chi connectivity index (χ0) is 15.4. The number of amides is 1. The molecule has 0 radical (unpaired) electrons. The third kappa shape index (κ3) is 3.82. The number of carbonyl (C=O) groups excluding carboxylic acids is 1. The first-order valence-corrected chi connectivity index (χ1v) is 8.48. The molecule has 0 heterocycles. The van der Waals surface area contributed by atoms with Gasteiger partial charge in [-0.15, -0.1) is 0 Å². The molecule has 21 heavy (non-hydrogen) atoms. The van der Waals surface area contributed by atoms with Gasteiger partial charge in [-0.05, 0) is 51.7 Å². The molecule has 110 valence electrons. The van der Waals surface area contributed by atoms with Crippen molar-refractivity contribution in [2.24, 2.45) is 0 Å². The molecule has 2 rings (SSSR count). The molecule has 0 bridgehead atoms. The number of carbonyl (C=O) groups is 1. The molecule has 2 aromatic carbocycles. The first kappa shape index (κ1) is 16.4. The van der Waals surface area contributed by atoms with Gasteiger partial charge < -0.3 is 5.32 Å². The lowest BCUT2D eigenvalue weighted by molar-refractivity contribution is -0.105. The maximum absolute atomic E-state index is 11.0. The Hall–Kier alpha value is -0.970. The summed E-state index contributed by atoms with van der Waals surface area (Å²) in [7, 11) is 0. The lowest BCUT2D eigenvalue weighted by atomic mass is 10.0. The number of anilines is 1. The molecule has 0 saturated carbocycles. The number of hydrogen-bond donors (Lipinski definition) is 1. The van der Waals surface area contributed by atoms with E-state index < -0.39 is 0 Å². The number of hydrogen-bond acceptors (Lipinski definition) is 2. The average Bonchev–Trinajstić information content (AvgIpc) is 2.44. The Balaban J connectivity index is 2.51. The van der Waals surface area contributed by atoms with Crippen molar-refractivity contribution in [3.05, 3.63) is 51.5 Å². The summed E-state index contributed by atoms with van der Waals surface area (Å²) in [5.74, 6) is 0.222. The van der Waals surface area contributed by atoms with Crippen molar-refractivity contribution in [3.8, 4) is 0 Å². The molecule has 2 aromatic rings. The molecule has 0 saturated heterocycles. The summed E-state index contributed by atoms with van der Waals surface area (Å²) >= 11 is 11.4. The summed E-state index contributed by atoms with van der Waals surface area (Å²) in [5, 5.41) is 3.48. The van der Waals surface area contributed by atoms with Crippen LogP contribution in [-0.4, -0.2) is 6.41 Å². The van der Waals surface area contributed by atoms with Gasteiger partial charge in [0.05, 0.1) is 5.69 Å². The fourth-order valence-electron chi connectivity index (χ4n) is 2.08. The van der Waals surface area contributed by atoms with E-state index >= 15 is 0 Å². The Labute approximate surface area is 142 Å². The van der Waals surface area contributed by atoms with Gasteiger partial charge in [-0.3, -0.25) is 4.79 Å². The van der Waals surface area contributed by atoms with Crippen molar-refractivity contribution in [2.75, 3.05) is 5.32 Å². The van der Waals surface area contributed by atoms with Crippen LogP contribution in [0.5, 0.6) is 0 Å². The molecule has 0 aliphatic carbocycles. The highest BCUT2D eigenvalue weighted by Gasteiger charge is 2.16. The first-order chi connectivity index (χ1) is 10.0. The van der Waals surface area contributed by atoms with Crippen LogP contribution in [0.2, 0.25) is 5.02 Å². The van der Waals surface area contributed by atoms with Crippen molar-refractivity contribution in [1.29, 1.82) is 0 Å². The van der Waals surface area contributed by atoms with Crippen LogP contribution in [0.4, 0.5) is 5.69 Å². The topological polar surface area (TPSA) is 29.1 Å². The van der Waals surface area contributed by atoms with E-state index in [2.05, 4.69) is 35.1 Å². The van der Waals surface area contributed by atoms with Gasteiger partial charge in [-0.25, -0.2) is 0 Å². The Kier molecular flexibility index (Phi) is 5.73. The van der Waals surface area contributed by atoms with E-state index in [0.717, 1.165) is 25.5 Å². The van der Waals surface area contributed by atoms with Gasteiger partial charge in [0, 0.05) is 19.3 Å². The van der Waals surface area contributed by atoms with Crippen LogP contribution >= 0.6 is 39.3 Å². The Morgan fingerprint density at radius 2 is 1.90 bits per heavy atom. The van der Waals surface area contributed by atoms with Crippen molar-refractivity contribution >= 4 is 51.4 Å². The van der Waals surface area contributed by atoms with Crippen molar-refractivity contribution in [2.45, 2.75) is 29.6 Å². The second kappa shape index (κ2) is 7.34. The van der Waals surface area contributed by atoms with Crippen LogP contribution in [0.1, 0.15) is 25.3 Å². The molecular formula is C16H15BrClNOS. The molecule has 0 atom stereocenters. The highest BCUT2D eigenvalue weighted by Crippen LogP contribution is 2.42. The van der Waals surface area contributed by atoms with Crippen LogP contribution in [0.15, 0.2) is 50.7 Å². The number of halogens is 2. The molecule has 0 unspecified atom stereocenters. The van der Waals surface area contributed by atoms with Crippen molar-refractivity contribution in [3.63, 3.8) is 0 Å². The first-order valence-electron chi connectivity index (χ1n) is 6.49. The summed E-state index contributed by atoms with van der Waals surface area (Å²) in [6, 6.07) is 11.8. The molecule has 0 spiro atoms. The molecule has 0 aliphatic rings. The predicted molar refractivity (Wildman–Crippen MR) is 93.5 cm³/mol. The van der Waals surface area contributed by atoms with Crippen LogP contribution in [0.25, 0.3) is 0 Å². The van der Waals surface area contributed by atoms with E-state index in [-0.39, 0.29) is 5.92 Å². The zero-order valence-corrected chi connectivity index (χ0v) is 14.8. The van der Waals surface area contributed by atoms with Gasteiger partial charge in [-0.2, -0.15) is 0 Å². The molecule has 0 aromatic heterocycles. The monoisotopic (exact) mass is 383 g/mol. The van der Waals surface area contributed by atoms with Crippen molar-refractivity contribution < 1.29 is 4.79 Å². The molecule has 1 N–H and O–H groups in total. The van der Waals surface area contributed by atoms with E-state index in [1.807, 2.05) is 36.4 Å². The number of nitrogens with one attached hydrogen (secondary N) is 1. The summed E-state index contributed by atoms with van der Waals surface area (Å²) < 4.78 is 1.02. The molecule has 5 heteroatoms. The highest BCUT2D eigenvalue weighted by molar-refractivity contribution is 9.10. The summed E-state index contributed by atoms with van der Waals surface area (Å²) in [6.07, 6.45) is 0.696. The quantitative estimate of drug-likeness (QED) is 0.646. The van der Waals surface area contributed by atoms with E-state index in [0.29, 0.717) is 11.4 Å². The Morgan fingerprint density at radius 3 is 2.52 bits per heavy atom. The smallest absolute Gasteiger partial charge is 0.211 e. The molecular weight excluding hydrogens is 370 g/mol. The molecule has 0 aliphatic heterocycles. The number of rotatable bonds is 5. The van der Waals surface area contributed by atoms with Crippen LogP contribution in [-0.2, 0) is 4.79 Å². The SMILES string of the molecule is CC(C)c1c(Cl)ccc(Sc2ccccc2Br)c1NC=O. The molecule has 0 fully saturated rings. The van der Waals surface area contributed by atoms with Gasteiger partial charge in [0.1, 0.15) is 0 Å². The summed E-state index contributed by atoms with van der Waals surface area (Å²) in [4.78, 5) is 13.0. The lowest BCUT2D eigenvalue weighted by Crippen LogP contribution is -2.03. The minimum Gasteiger partial charge on any atom is -0.327 e. The van der Waals surface area contributed by atoms with Gasteiger partial charge in [0.15, 0.2) is 0 Å². The van der Waals surface area contributed by atoms with Gasteiger partial charge >= 0.3 is 0 Å². The van der Waals surface area contributed by atoms with E-state index in [1.54, 1.807) is 11.8 Å². The lowest BCUT2D eigenvalue weighted by Gasteiger charge is -2.18. The largest absolute Gasteiger partial charge is 0.327 e. The van der Waals surface area contributed by atoms with E-state index in [1.165, 1.54) is 0 Å². The standard InChI is InChI=1S/C16H15BrClNOS/c1-10(2)15-12(18)7-8-14(16(15)19-9-20)21-13-6-4-3-5-11(13)17/h3-10H,1-2H3,(H,19,20). The maximum Gasteiger partial charge on any atom is 0.211 e. The Morgan fingerprint density at radius 1 is 1.19 bits per heavy atom. The van der Waals surface area contributed by atoms with Gasteiger partial charge in [0.2, 0.25) is 6.41 Å². The minimum absolute atomic E-state index is 0.222. The maximum atomic E-state index is 11.0. The van der Waals surface area contributed by atoms with E-state index in [9.17, 15) is 4.79 Å². The second-order valence-electron chi connectivity index (χ2n) is 4.78. The third-order valence-electron chi connectivity index (χ3n) is 2.99. The zero-order valence-electron chi connectivity index (χ0n) is 11.7. The van der Waals surface area contributed by atoms with E-state index in [4.69, 9.17) is 11.6 Å². The second-order valence-corrected chi connectivity index (χ2v) is 7.13.